The average Bonchev–Trinajstić information content (AvgIpc) is 2.06. The molecule has 0 spiro atoms. The number of isocyanates is 1. The highest BCUT2D eigenvalue weighted by atomic mass is 35.5. The Hall–Kier alpha value is -1.37. The van der Waals surface area contributed by atoms with Crippen LogP contribution in [-0.2, 0) is 4.79 Å². The lowest BCUT2D eigenvalue weighted by atomic mass is 10.2. The van der Waals surface area contributed by atoms with Crippen molar-refractivity contribution in [3.8, 4) is 0 Å². The summed E-state index contributed by atoms with van der Waals surface area (Å²) in [5.41, 5.74) is 1.16. The Balaban J connectivity index is 2.97. The average molecular weight is 180 g/mol. The number of halogens is 1. The molecule has 0 amide bonds. The van der Waals surface area contributed by atoms with Crippen molar-refractivity contribution in [1.29, 1.82) is 0 Å². The maximum Gasteiger partial charge on any atom is 0.240 e. The van der Waals surface area contributed by atoms with Crippen molar-refractivity contribution in [2.45, 2.75) is 0 Å². The molecule has 0 radical (unpaired) electrons. The number of aliphatic imine (C=N–C) groups is 1. The Morgan fingerprint density at radius 2 is 2.00 bits per heavy atom. The maximum atomic E-state index is 9.88. The standard InChI is InChI=1S/C9H6ClNO/c1-7(11-6-12)8-2-4-9(10)5-3-8/h2-5H,1H2. The fraction of sp³-hybridized carbons (Fsp3) is 0. The lowest BCUT2D eigenvalue weighted by Crippen LogP contribution is -1.77. The topological polar surface area (TPSA) is 29.4 Å². The van der Waals surface area contributed by atoms with Crippen molar-refractivity contribution in [2.75, 3.05) is 0 Å². The largest absolute Gasteiger partial charge is 0.240 e. The smallest absolute Gasteiger partial charge is 0.211 e. The molecule has 12 heavy (non-hydrogen) atoms. The van der Waals surface area contributed by atoms with E-state index < -0.39 is 0 Å². The third-order valence-corrected chi connectivity index (χ3v) is 1.61. The fourth-order valence-corrected chi connectivity index (χ4v) is 0.888. The molecule has 0 bridgehead atoms. The lowest BCUT2D eigenvalue weighted by Gasteiger charge is -1.96. The molecular formula is C9H6ClNO. The number of hydrogen-bond acceptors (Lipinski definition) is 2. The number of hydrogen-bond donors (Lipinski definition) is 0. The van der Waals surface area contributed by atoms with E-state index in [1.807, 2.05) is 0 Å². The quantitative estimate of drug-likeness (QED) is 0.507. The van der Waals surface area contributed by atoms with Crippen LogP contribution in [0.5, 0.6) is 0 Å². The highest BCUT2D eigenvalue weighted by Gasteiger charge is 1.95. The van der Waals surface area contributed by atoms with Gasteiger partial charge in [0, 0.05) is 10.6 Å². The Bertz CT molecular complexity index is 336. The Morgan fingerprint density at radius 1 is 1.42 bits per heavy atom. The van der Waals surface area contributed by atoms with Crippen LogP contribution in [0.4, 0.5) is 0 Å². The minimum Gasteiger partial charge on any atom is -0.211 e. The Morgan fingerprint density at radius 3 is 2.50 bits per heavy atom. The molecule has 0 heterocycles. The van der Waals surface area contributed by atoms with Gasteiger partial charge in [0.1, 0.15) is 0 Å². The molecule has 3 heteroatoms. The number of nitrogens with zero attached hydrogens (tertiary/aromatic N) is 1. The first-order valence-electron chi connectivity index (χ1n) is 3.27. The number of rotatable bonds is 2. The van der Waals surface area contributed by atoms with E-state index in [4.69, 9.17) is 11.6 Å². The zero-order valence-electron chi connectivity index (χ0n) is 6.25. The molecule has 2 nitrogen and oxygen atoms in total. The first-order chi connectivity index (χ1) is 5.74. The molecule has 0 aliphatic carbocycles. The van der Waals surface area contributed by atoms with Crippen molar-refractivity contribution in [1.82, 2.24) is 0 Å². The van der Waals surface area contributed by atoms with Gasteiger partial charge in [-0.05, 0) is 12.1 Å². The summed E-state index contributed by atoms with van der Waals surface area (Å²) < 4.78 is 0. The SMILES string of the molecule is C=C(N=C=O)c1ccc(Cl)cc1. The van der Waals surface area contributed by atoms with Crippen LogP contribution in [0.1, 0.15) is 5.56 Å². The summed E-state index contributed by atoms with van der Waals surface area (Å²) in [4.78, 5) is 13.3. The van der Waals surface area contributed by atoms with E-state index in [1.165, 1.54) is 6.08 Å². The van der Waals surface area contributed by atoms with Gasteiger partial charge < -0.3 is 0 Å². The molecule has 1 rings (SSSR count). The second-order valence-electron chi connectivity index (χ2n) is 2.16. The summed E-state index contributed by atoms with van der Waals surface area (Å²) in [5.74, 6) is 0. The molecule has 60 valence electrons. The van der Waals surface area contributed by atoms with Crippen LogP contribution in [0.25, 0.3) is 5.70 Å². The predicted octanol–water partition coefficient (Wildman–Crippen LogP) is 2.65. The minimum atomic E-state index is 0.390. The zero-order chi connectivity index (χ0) is 8.97. The van der Waals surface area contributed by atoms with Crippen molar-refractivity contribution in [3.05, 3.63) is 41.4 Å². The lowest BCUT2D eigenvalue weighted by molar-refractivity contribution is 0.565. The van der Waals surface area contributed by atoms with Crippen LogP contribution < -0.4 is 0 Å². The van der Waals surface area contributed by atoms with Crippen LogP contribution in [0.15, 0.2) is 35.8 Å². The first kappa shape index (κ1) is 8.72. The van der Waals surface area contributed by atoms with Crippen LogP contribution in [0.3, 0.4) is 0 Å². The summed E-state index contributed by atoms with van der Waals surface area (Å²) in [5, 5.41) is 0.640. The maximum absolute atomic E-state index is 9.88. The van der Waals surface area contributed by atoms with E-state index in [2.05, 4.69) is 11.6 Å². The van der Waals surface area contributed by atoms with Gasteiger partial charge in [0.25, 0.3) is 0 Å². The minimum absolute atomic E-state index is 0.390. The predicted molar refractivity (Wildman–Crippen MR) is 48.6 cm³/mol. The molecule has 0 atom stereocenters. The van der Waals surface area contributed by atoms with Gasteiger partial charge in [0.05, 0.1) is 5.70 Å². The Labute approximate surface area is 75.2 Å². The third-order valence-electron chi connectivity index (χ3n) is 1.36. The Kier molecular flexibility index (Phi) is 2.81. The monoisotopic (exact) mass is 179 g/mol. The molecule has 0 aliphatic heterocycles. The number of carbonyl (C=O) groups excluding carboxylic acids is 1. The van der Waals surface area contributed by atoms with Crippen molar-refractivity contribution < 1.29 is 4.79 Å². The van der Waals surface area contributed by atoms with Crippen molar-refractivity contribution in [2.24, 2.45) is 4.99 Å². The molecule has 0 saturated carbocycles. The van der Waals surface area contributed by atoms with Gasteiger partial charge in [-0.3, -0.25) is 0 Å². The summed E-state index contributed by atoms with van der Waals surface area (Å²) in [6.45, 7) is 3.57. The molecule has 0 aromatic heterocycles. The molecular weight excluding hydrogens is 174 g/mol. The summed E-state index contributed by atoms with van der Waals surface area (Å²) in [6.07, 6.45) is 1.42. The second kappa shape index (κ2) is 3.86. The van der Waals surface area contributed by atoms with E-state index in [1.54, 1.807) is 24.3 Å². The van der Waals surface area contributed by atoms with Crippen molar-refractivity contribution in [3.63, 3.8) is 0 Å². The highest BCUT2D eigenvalue weighted by Crippen LogP contribution is 2.16. The fourth-order valence-electron chi connectivity index (χ4n) is 0.762. The summed E-state index contributed by atoms with van der Waals surface area (Å²) >= 11 is 5.66. The molecule has 0 saturated heterocycles. The van der Waals surface area contributed by atoms with Crippen LogP contribution in [-0.4, -0.2) is 6.08 Å². The zero-order valence-corrected chi connectivity index (χ0v) is 7.01. The van der Waals surface area contributed by atoms with Crippen molar-refractivity contribution >= 4 is 23.4 Å². The van der Waals surface area contributed by atoms with Gasteiger partial charge in [0.15, 0.2) is 0 Å². The summed E-state index contributed by atoms with van der Waals surface area (Å²) in [7, 11) is 0. The van der Waals surface area contributed by atoms with Crippen LogP contribution in [0, 0.1) is 0 Å². The van der Waals surface area contributed by atoms with E-state index in [-0.39, 0.29) is 0 Å². The van der Waals surface area contributed by atoms with Gasteiger partial charge >= 0.3 is 0 Å². The number of benzene rings is 1. The highest BCUT2D eigenvalue weighted by molar-refractivity contribution is 6.30. The van der Waals surface area contributed by atoms with Crippen LogP contribution >= 0.6 is 11.6 Å². The van der Waals surface area contributed by atoms with Gasteiger partial charge in [-0.2, -0.15) is 4.99 Å². The van der Waals surface area contributed by atoms with Gasteiger partial charge in [-0.1, -0.05) is 30.3 Å². The van der Waals surface area contributed by atoms with Crippen LogP contribution in [0.2, 0.25) is 5.02 Å². The van der Waals surface area contributed by atoms with E-state index >= 15 is 0 Å². The summed E-state index contributed by atoms with van der Waals surface area (Å²) in [6, 6.07) is 6.90. The third kappa shape index (κ3) is 2.06. The second-order valence-corrected chi connectivity index (χ2v) is 2.59. The van der Waals surface area contributed by atoms with Gasteiger partial charge in [-0.15, -0.1) is 0 Å². The van der Waals surface area contributed by atoms with E-state index in [0.29, 0.717) is 10.7 Å². The van der Waals surface area contributed by atoms with E-state index in [9.17, 15) is 4.79 Å². The van der Waals surface area contributed by atoms with Gasteiger partial charge in [0.2, 0.25) is 6.08 Å². The molecule has 1 aromatic carbocycles. The van der Waals surface area contributed by atoms with Gasteiger partial charge in [-0.25, -0.2) is 4.79 Å². The van der Waals surface area contributed by atoms with E-state index in [0.717, 1.165) is 5.56 Å². The molecule has 0 N–H and O–H groups in total. The molecule has 0 unspecified atom stereocenters. The normalized spacial score (nSPS) is 8.75. The first-order valence-corrected chi connectivity index (χ1v) is 3.64. The molecule has 0 fully saturated rings. The molecule has 0 aliphatic rings. The molecule has 1 aromatic rings.